The first-order chi connectivity index (χ1) is 13.5. The number of rotatable bonds is 3. The third kappa shape index (κ3) is 3.76. The van der Waals surface area contributed by atoms with E-state index in [1.54, 1.807) is 4.90 Å². The van der Waals surface area contributed by atoms with Crippen LogP contribution in [0.3, 0.4) is 0 Å². The molecule has 2 amide bonds. The van der Waals surface area contributed by atoms with E-state index in [4.69, 9.17) is 4.74 Å². The van der Waals surface area contributed by atoms with Crippen molar-refractivity contribution in [1.29, 1.82) is 0 Å². The quantitative estimate of drug-likeness (QED) is 0.800. The molecule has 0 bridgehead atoms. The van der Waals surface area contributed by atoms with Gasteiger partial charge in [0.05, 0.1) is 0 Å². The lowest BCUT2D eigenvalue weighted by atomic mass is 9.76. The van der Waals surface area contributed by atoms with Gasteiger partial charge in [-0.2, -0.15) is 0 Å². The Morgan fingerprint density at radius 1 is 1.14 bits per heavy atom. The number of ether oxygens (including phenoxy) is 1. The molecule has 1 aliphatic carbocycles. The lowest BCUT2D eigenvalue weighted by Crippen LogP contribution is -2.52. The standard InChI is InChI=1S/C23H32N2O3/c1-24(2)21(26)15-18-16-23(28-20-10-6-5-9-19(18)20)11-13-25(14-12-23)22(27)17-7-3-4-8-17/h5-6,9-10,17-18H,3-4,7-8,11-16H2,1-2H3/t18-/m1/s1. The molecule has 28 heavy (non-hydrogen) atoms. The van der Waals surface area contributed by atoms with Crippen molar-refractivity contribution in [3.05, 3.63) is 29.8 Å². The minimum absolute atomic E-state index is 0.158. The van der Waals surface area contributed by atoms with Gasteiger partial charge in [0.1, 0.15) is 11.4 Å². The van der Waals surface area contributed by atoms with Crippen LogP contribution < -0.4 is 4.74 Å². The number of fused-ring (bicyclic) bond motifs is 1. The van der Waals surface area contributed by atoms with Gasteiger partial charge in [-0.3, -0.25) is 9.59 Å². The number of hydrogen-bond acceptors (Lipinski definition) is 3. The highest BCUT2D eigenvalue weighted by Gasteiger charge is 2.45. The van der Waals surface area contributed by atoms with Gasteiger partial charge in [-0.05, 0) is 30.9 Å². The molecule has 5 nitrogen and oxygen atoms in total. The van der Waals surface area contributed by atoms with Crippen LogP contribution in [-0.4, -0.2) is 54.4 Å². The molecular formula is C23H32N2O3. The van der Waals surface area contributed by atoms with E-state index in [1.165, 1.54) is 12.8 Å². The predicted octanol–water partition coefficient (Wildman–Crippen LogP) is 3.58. The van der Waals surface area contributed by atoms with E-state index in [9.17, 15) is 9.59 Å². The summed E-state index contributed by atoms with van der Waals surface area (Å²) < 4.78 is 6.52. The zero-order valence-corrected chi connectivity index (χ0v) is 17.2. The maximum atomic E-state index is 12.8. The molecule has 0 unspecified atom stereocenters. The van der Waals surface area contributed by atoms with Crippen LogP contribution in [0.1, 0.15) is 62.8 Å². The van der Waals surface area contributed by atoms with Gasteiger partial charge in [-0.15, -0.1) is 0 Å². The molecule has 152 valence electrons. The first-order valence-electron chi connectivity index (χ1n) is 10.7. The molecule has 1 spiro atoms. The van der Waals surface area contributed by atoms with Gasteiger partial charge >= 0.3 is 0 Å². The van der Waals surface area contributed by atoms with Crippen LogP contribution in [0, 0.1) is 5.92 Å². The Hall–Kier alpha value is -2.04. The zero-order chi connectivity index (χ0) is 19.7. The largest absolute Gasteiger partial charge is 0.487 e. The normalized spacial score (nSPS) is 23.9. The predicted molar refractivity (Wildman–Crippen MR) is 108 cm³/mol. The van der Waals surface area contributed by atoms with E-state index in [-0.39, 0.29) is 23.3 Å². The fraction of sp³-hybridized carbons (Fsp3) is 0.652. The summed E-state index contributed by atoms with van der Waals surface area (Å²) in [6, 6.07) is 8.14. The third-order valence-electron chi connectivity index (χ3n) is 6.91. The number of carbonyl (C=O) groups excluding carboxylic acids is 2. The van der Waals surface area contributed by atoms with Crippen LogP contribution >= 0.6 is 0 Å². The number of hydrogen-bond donors (Lipinski definition) is 0. The lowest BCUT2D eigenvalue weighted by molar-refractivity contribution is -0.139. The minimum Gasteiger partial charge on any atom is -0.487 e. The van der Waals surface area contributed by atoms with E-state index >= 15 is 0 Å². The Morgan fingerprint density at radius 2 is 1.82 bits per heavy atom. The Kier molecular flexibility index (Phi) is 5.35. The maximum Gasteiger partial charge on any atom is 0.225 e. The van der Waals surface area contributed by atoms with Crippen LogP contribution in [0.15, 0.2) is 24.3 Å². The highest BCUT2D eigenvalue weighted by molar-refractivity contribution is 5.79. The smallest absolute Gasteiger partial charge is 0.225 e. The van der Waals surface area contributed by atoms with Crippen molar-refractivity contribution >= 4 is 11.8 Å². The lowest BCUT2D eigenvalue weighted by Gasteiger charge is -2.47. The fourth-order valence-electron chi connectivity index (χ4n) is 5.19. The van der Waals surface area contributed by atoms with E-state index in [0.717, 1.165) is 56.5 Å². The van der Waals surface area contributed by atoms with Crippen LogP contribution in [0.5, 0.6) is 5.75 Å². The van der Waals surface area contributed by atoms with E-state index in [0.29, 0.717) is 12.3 Å². The number of nitrogens with zero attached hydrogens (tertiary/aromatic N) is 2. The molecule has 4 rings (SSSR count). The summed E-state index contributed by atoms with van der Waals surface area (Å²) in [6.07, 6.45) is 7.57. The summed E-state index contributed by atoms with van der Waals surface area (Å²) in [5, 5.41) is 0. The Morgan fingerprint density at radius 3 is 2.50 bits per heavy atom. The van der Waals surface area contributed by atoms with Gasteiger partial charge in [0.25, 0.3) is 0 Å². The highest BCUT2D eigenvalue weighted by Crippen LogP contribution is 2.46. The molecule has 1 aromatic rings. The molecule has 2 aliphatic heterocycles. The van der Waals surface area contributed by atoms with E-state index in [1.807, 2.05) is 32.3 Å². The van der Waals surface area contributed by atoms with Crippen molar-refractivity contribution in [2.24, 2.45) is 5.92 Å². The van der Waals surface area contributed by atoms with E-state index < -0.39 is 0 Å². The Labute approximate surface area is 168 Å². The van der Waals surface area contributed by atoms with Crippen molar-refractivity contribution in [2.75, 3.05) is 27.2 Å². The molecule has 1 atom stereocenters. The molecule has 1 saturated carbocycles. The highest BCUT2D eigenvalue weighted by atomic mass is 16.5. The van der Waals surface area contributed by atoms with Crippen molar-refractivity contribution < 1.29 is 14.3 Å². The Bertz CT molecular complexity index is 731. The summed E-state index contributed by atoms with van der Waals surface area (Å²) in [6.45, 7) is 1.54. The number of para-hydroxylation sites is 1. The molecule has 0 radical (unpaired) electrons. The van der Waals surface area contributed by atoms with Gasteiger partial charge < -0.3 is 14.5 Å². The van der Waals surface area contributed by atoms with E-state index in [2.05, 4.69) is 11.0 Å². The molecular weight excluding hydrogens is 352 g/mol. The summed E-state index contributed by atoms with van der Waals surface area (Å²) in [5.74, 6) is 1.85. The molecule has 1 aromatic carbocycles. The van der Waals surface area contributed by atoms with Gasteiger partial charge in [-0.25, -0.2) is 0 Å². The van der Waals surface area contributed by atoms with Gasteiger partial charge in [0.2, 0.25) is 11.8 Å². The van der Waals surface area contributed by atoms with Crippen LogP contribution in [-0.2, 0) is 9.59 Å². The maximum absolute atomic E-state index is 12.8. The minimum atomic E-state index is -0.252. The average Bonchev–Trinajstić information content (AvgIpc) is 3.23. The first-order valence-corrected chi connectivity index (χ1v) is 10.7. The Balaban J connectivity index is 1.48. The summed E-state index contributed by atoms with van der Waals surface area (Å²) in [5.41, 5.74) is 0.894. The van der Waals surface area contributed by atoms with Crippen molar-refractivity contribution in [3.63, 3.8) is 0 Å². The van der Waals surface area contributed by atoms with Crippen LogP contribution in [0.2, 0.25) is 0 Å². The second-order valence-electron chi connectivity index (χ2n) is 9.02. The molecule has 0 aromatic heterocycles. The number of carbonyl (C=O) groups is 2. The molecule has 2 fully saturated rings. The molecule has 1 saturated heterocycles. The van der Waals surface area contributed by atoms with Crippen LogP contribution in [0.4, 0.5) is 0 Å². The van der Waals surface area contributed by atoms with Crippen molar-refractivity contribution in [1.82, 2.24) is 9.80 Å². The number of likely N-dealkylation sites (tertiary alicyclic amines) is 1. The number of amides is 2. The average molecular weight is 385 g/mol. The van der Waals surface area contributed by atoms with Gasteiger partial charge in [0, 0.05) is 58.3 Å². The molecule has 2 heterocycles. The number of benzene rings is 1. The van der Waals surface area contributed by atoms with Crippen molar-refractivity contribution in [3.8, 4) is 5.75 Å². The molecule has 3 aliphatic rings. The summed E-state index contributed by atoms with van der Waals surface area (Å²) >= 11 is 0. The number of piperidine rings is 1. The zero-order valence-electron chi connectivity index (χ0n) is 17.2. The monoisotopic (exact) mass is 384 g/mol. The second-order valence-corrected chi connectivity index (χ2v) is 9.02. The third-order valence-corrected chi connectivity index (χ3v) is 6.91. The SMILES string of the molecule is CN(C)C(=O)C[C@@H]1CC2(CCN(C(=O)C3CCCC3)CC2)Oc2ccccc21. The van der Waals surface area contributed by atoms with Gasteiger partial charge in [-0.1, -0.05) is 31.0 Å². The first kappa shape index (κ1) is 19.3. The van der Waals surface area contributed by atoms with Gasteiger partial charge in [0.15, 0.2) is 0 Å². The van der Waals surface area contributed by atoms with Crippen LogP contribution in [0.25, 0.3) is 0 Å². The topological polar surface area (TPSA) is 49.9 Å². The fourth-order valence-corrected chi connectivity index (χ4v) is 5.19. The summed E-state index contributed by atoms with van der Waals surface area (Å²) in [7, 11) is 3.63. The summed E-state index contributed by atoms with van der Waals surface area (Å²) in [4.78, 5) is 28.9. The molecule has 5 heteroatoms. The second kappa shape index (κ2) is 7.76. The molecule has 0 N–H and O–H groups in total. The van der Waals surface area contributed by atoms with Crippen molar-refractivity contribution in [2.45, 2.75) is 62.9 Å².